The van der Waals surface area contributed by atoms with Gasteiger partial charge < -0.3 is 15.4 Å². The van der Waals surface area contributed by atoms with Crippen LogP contribution in [0.15, 0.2) is 24.3 Å². The zero-order valence-electron chi connectivity index (χ0n) is 10.5. The third-order valence-electron chi connectivity index (χ3n) is 2.34. The second-order valence-electron chi connectivity index (χ2n) is 3.73. The van der Waals surface area contributed by atoms with Crippen LogP contribution in [0.25, 0.3) is 0 Å². The number of rotatable bonds is 7. The zero-order valence-corrected chi connectivity index (χ0v) is 10.5. The molecule has 1 aromatic carbocycles. The molecule has 4 nitrogen and oxygen atoms in total. The summed E-state index contributed by atoms with van der Waals surface area (Å²) in [5.74, 6) is 3.11. The topological polar surface area (TPSA) is 50.4 Å². The van der Waals surface area contributed by atoms with Gasteiger partial charge in [0.25, 0.3) is 0 Å². The highest BCUT2D eigenvalue weighted by Gasteiger charge is 2.05. The highest BCUT2D eigenvalue weighted by Crippen LogP contribution is 2.22. The number of para-hydroxylation sites is 2. The number of benzene rings is 1. The number of anilines is 1. The molecule has 0 radical (unpaired) electrons. The molecule has 0 heterocycles. The molecule has 0 aliphatic carbocycles. The van der Waals surface area contributed by atoms with Crippen LogP contribution in [0, 0.1) is 12.3 Å². The molecule has 0 aliphatic rings. The van der Waals surface area contributed by atoms with Crippen LogP contribution in [0.5, 0.6) is 5.75 Å². The maximum Gasteiger partial charge on any atom is 0.238 e. The number of carbonyl (C=O) groups is 1. The van der Waals surface area contributed by atoms with Crippen molar-refractivity contribution in [1.29, 1.82) is 0 Å². The average Bonchev–Trinajstić information content (AvgIpc) is 2.39. The van der Waals surface area contributed by atoms with Gasteiger partial charge >= 0.3 is 0 Å². The van der Waals surface area contributed by atoms with E-state index >= 15 is 0 Å². The maximum atomic E-state index is 11.6. The predicted molar refractivity (Wildman–Crippen MR) is 72.6 cm³/mol. The van der Waals surface area contributed by atoms with Gasteiger partial charge in [0.05, 0.1) is 19.3 Å². The normalized spacial score (nSPS) is 9.56. The van der Waals surface area contributed by atoms with Gasteiger partial charge in [-0.25, -0.2) is 0 Å². The smallest absolute Gasteiger partial charge is 0.238 e. The second kappa shape index (κ2) is 8.15. The Balaban J connectivity index is 2.33. The van der Waals surface area contributed by atoms with Crippen LogP contribution in [-0.2, 0) is 4.79 Å². The molecule has 4 heteroatoms. The van der Waals surface area contributed by atoms with Crippen molar-refractivity contribution < 1.29 is 9.53 Å². The van der Waals surface area contributed by atoms with Crippen LogP contribution in [-0.4, -0.2) is 26.1 Å². The zero-order chi connectivity index (χ0) is 13.2. The summed E-state index contributed by atoms with van der Waals surface area (Å²) in [4.78, 5) is 11.6. The largest absolute Gasteiger partial charge is 0.495 e. The third-order valence-corrected chi connectivity index (χ3v) is 2.34. The van der Waals surface area contributed by atoms with Gasteiger partial charge in [-0.1, -0.05) is 12.1 Å². The van der Waals surface area contributed by atoms with Gasteiger partial charge in [-0.05, 0) is 25.1 Å². The number of carbonyl (C=O) groups excluding carboxylic acids is 1. The first kappa shape index (κ1) is 14.1. The van der Waals surface area contributed by atoms with Crippen molar-refractivity contribution in [3.8, 4) is 18.1 Å². The Kier molecular flexibility index (Phi) is 6.37. The van der Waals surface area contributed by atoms with E-state index in [1.165, 1.54) is 0 Å². The van der Waals surface area contributed by atoms with E-state index in [1.54, 1.807) is 19.2 Å². The summed E-state index contributed by atoms with van der Waals surface area (Å²) >= 11 is 0. The van der Waals surface area contributed by atoms with Gasteiger partial charge in [0.2, 0.25) is 5.91 Å². The Bertz CT molecular complexity index is 424. The molecule has 0 saturated carbocycles. The van der Waals surface area contributed by atoms with E-state index in [2.05, 4.69) is 16.6 Å². The number of ether oxygens (including phenoxy) is 1. The number of hydrogen-bond acceptors (Lipinski definition) is 3. The molecule has 0 fully saturated rings. The SMILES string of the molecule is C#CCCCNCC(=O)Nc1ccccc1OC. The highest BCUT2D eigenvalue weighted by atomic mass is 16.5. The van der Waals surface area contributed by atoms with Gasteiger partial charge in [0.1, 0.15) is 5.75 Å². The monoisotopic (exact) mass is 246 g/mol. The fourth-order valence-corrected chi connectivity index (χ4v) is 1.46. The summed E-state index contributed by atoms with van der Waals surface area (Å²) in [6.07, 6.45) is 6.73. The second-order valence-corrected chi connectivity index (χ2v) is 3.73. The van der Waals surface area contributed by atoms with Crippen molar-refractivity contribution >= 4 is 11.6 Å². The minimum Gasteiger partial charge on any atom is -0.495 e. The van der Waals surface area contributed by atoms with E-state index in [1.807, 2.05) is 12.1 Å². The Labute approximate surface area is 108 Å². The Morgan fingerprint density at radius 1 is 1.44 bits per heavy atom. The quantitative estimate of drug-likeness (QED) is 0.568. The minimum atomic E-state index is -0.0970. The van der Waals surface area contributed by atoms with E-state index in [0.717, 1.165) is 19.4 Å². The fourth-order valence-electron chi connectivity index (χ4n) is 1.46. The van der Waals surface area contributed by atoms with Gasteiger partial charge in [-0.2, -0.15) is 0 Å². The maximum absolute atomic E-state index is 11.6. The van der Waals surface area contributed by atoms with E-state index in [0.29, 0.717) is 11.4 Å². The van der Waals surface area contributed by atoms with Gasteiger partial charge in [-0.3, -0.25) is 4.79 Å². The van der Waals surface area contributed by atoms with Crippen LogP contribution in [0.3, 0.4) is 0 Å². The predicted octanol–water partition coefficient (Wildman–Crippen LogP) is 1.64. The van der Waals surface area contributed by atoms with E-state index in [4.69, 9.17) is 11.2 Å². The van der Waals surface area contributed by atoms with Gasteiger partial charge in [-0.15, -0.1) is 12.3 Å². The van der Waals surface area contributed by atoms with E-state index < -0.39 is 0 Å². The molecule has 0 spiro atoms. The molecule has 96 valence electrons. The van der Waals surface area contributed by atoms with Crippen molar-refractivity contribution in [1.82, 2.24) is 5.32 Å². The Hall–Kier alpha value is -1.99. The van der Waals surface area contributed by atoms with Crippen LogP contribution >= 0.6 is 0 Å². The molecular formula is C14H18N2O2. The summed E-state index contributed by atoms with van der Waals surface area (Å²) < 4.78 is 5.15. The summed E-state index contributed by atoms with van der Waals surface area (Å²) in [5.41, 5.74) is 0.676. The molecule has 0 bridgehead atoms. The van der Waals surface area contributed by atoms with Crippen LogP contribution < -0.4 is 15.4 Å². The first-order valence-electron chi connectivity index (χ1n) is 5.85. The van der Waals surface area contributed by atoms with Crippen LogP contribution in [0.1, 0.15) is 12.8 Å². The number of nitrogens with one attached hydrogen (secondary N) is 2. The van der Waals surface area contributed by atoms with E-state index in [-0.39, 0.29) is 12.5 Å². The lowest BCUT2D eigenvalue weighted by molar-refractivity contribution is -0.115. The first-order chi connectivity index (χ1) is 8.77. The minimum absolute atomic E-state index is 0.0970. The average molecular weight is 246 g/mol. The number of amides is 1. The Morgan fingerprint density at radius 3 is 2.94 bits per heavy atom. The van der Waals surface area contributed by atoms with E-state index in [9.17, 15) is 4.79 Å². The molecular weight excluding hydrogens is 228 g/mol. The number of terminal acetylenes is 1. The summed E-state index contributed by atoms with van der Waals surface area (Å²) in [7, 11) is 1.57. The van der Waals surface area contributed by atoms with Crippen molar-refractivity contribution in [2.75, 3.05) is 25.5 Å². The molecule has 1 rings (SSSR count). The number of hydrogen-bond donors (Lipinski definition) is 2. The summed E-state index contributed by atoms with van der Waals surface area (Å²) in [6.45, 7) is 1.01. The molecule has 0 atom stereocenters. The van der Waals surface area contributed by atoms with Gasteiger partial charge in [0, 0.05) is 6.42 Å². The molecule has 0 saturated heterocycles. The van der Waals surface area contributed by atoms with Crippen LogP contribution in [0.2, 0.25) is 0 Å². The molecule has 0 aliphatic heterocycles. The van der Waals surface area contributed by atoms with Gasteiger partial charge in [0.15, 0.2) is 0 Å². The summed E-state index contributed by atoms with van der Waals surface area (Å²) in [5, 5.41) is 5.81. The number of unbranched alkanes of at least 4 members (excludes halogenated alkanes) is 1. The molecule has 2 N–H and O–H groups in total. The third kappa shape index (κ3) is 4.89. The molecule has 1 amide bonds. The van der Waals surface area contributed by atoms with Crippen molar-refractivity contribution in [3.05, 3.63) is 24.3 Å². The summed E-state index contributed by atoms with van der Waals surface area (Å²) in [6, 6.07) is 7.30. The highest BCUT2D eigenvalue weighted by molar-refractivity contribution is 5.93. The Morgan fingerprint density at radius 2 is 2.22 bits per heavy atom. The van der Waals surface area contributed by atoms with Crippen molar-refractivity contribution in [3.63, 3.8) is 0 Å². The lowest BCUT2D eigenvalue weighted by Crippen LogP contribution is -2.28. The van der Waals surface area contributed by atoms with Crippen molar-refractivity contribution in [2.45, 2.75) is 12.8 Å². The standard InChI is InChI=1S/C14H18N2O2/c1-3-4-7-10-15-11-14(17)16-12-8-5-6-9-13(12)18-2/h1,5-6,8-9,15H,4,7,10-11H2,2H3,(H,16,17). The molecule has 18 heavy (non-hydrogen) atoms. The lowest BCUT2D eigenvalue weighted by atomic mass is 10.3. The first-order valence-corrected chi connectivity index (χ1v) is 5.85. The van der Waals surface area contributed by atoms with Crippen molar-refractivity contribution in [2.24, 2.45) is 0 Å². The molecule has 0 aromatic heterocycles. The fraction of sp³-hybridized carbons (Fsp3) is 0.357. The lowest BCUT2D eigenvalue weighted by Gasteiger charge is -2.10. The van der Waals surface area contributed by atoms with Crippen LogP contribution in [0.4, 0.5) is 5.69 Å². The molecule has 0 unspecified atom stereocenters. The molecule has 1 aromatic rings. The number of methoxy groups -OCH3 is 1.